The lowest BCUT2D eigenvalue weighted by Gasteiger charge is -2.26. The van der Waals surface area contributed by atoms with Gasteiger partial charge in [-0.1, -0.05) is 0 Å². The van der Waals surface area contributed by atoms with E-state index < -0.39 is 0 Å². The van der Waals surface area contributed by atoms with Gasteiger partial charge in [0.25, 0.3) is 5.91 Å². The van der Waals surface area contributed by atoms with Crippen LogP contribution >= 0.6 is 0 Å². The molecule has 0 spiro atoms. The van der Waals surface area contributed by atoms with E-state index in [1.165, 1.54) is 12.1 Å². The van der Waals surface area contributed by atoms with Gasteiger partial charge in [-0.15, -0.1) is 0 Å². The van der Waals surface area contributed by atoms with Crippen molar-refractivity contribution in [1.82, 2.24) is 14.5 Å². The van der Waals surface area contributed by atoms with E-state index in [4.69, 9.17) is 4.74 Å². The molecule has 0 atom stereocenters. The normalized spacial score (nSPS) is 15.1. The van der Waals surface area contributed by atoms with Gasteiger partial charge in [-0.3, -0.25) is 9.69 Å². The molecular weight excluding hydrogens is 383 g/mol. The van der Waals surface area contributed by atoms with E-state index in [9.17, 15) is 9.18 Å². The van der Waals surface area contributed by atoms with E-state index in [0.29, 0.717) is 11.1 Å². The minimum absolute atomic E-state index is 0.252. The van der Waals surface area contributed by atoms with E-state index >= 15 is 0 Å². The quantitative estimate of drug-likeness (QED) is 0.529. The zero-order chi connectivity index (χ0) is 20.5. The number of anilines is 1. The highest BCUT2D eigenvalue weighted by atomic mass is 19.1. The number of aromatic nitrogens is 2. The number of carbonyl (C=O) groups is 1. The predicted molar refractivity (Wildman–Crippen MR) is 115 cm³/mol. The lowest BCUT2D eigenvalue weighted by atomic mass is 10.2. The molecule has 6 nitrogen and oxygen atoms in total. The second-order valence-corrected chi connectivity index (χ2v) is 7.61. The van der Waals surface area contributed by atoms with E-state index in [2.05, 4.69) is 32.0 Å². The molecule has 2 aromatic carbocycles. The molecule has 1 aliphatic heterocycles. The number of rotatable bonds is 5. The minimum atomic E-state index is -0.322. The van der Waals surface area contributed by atoms with Crippen molar-refractivity contribution in [3.63, 3.8) is 0 Å². The Morgan fingerprint density at radius 2 is 1.90 bits per heavy atom. The van der Waals surface area contributed by atoms with Crippen LogP contribution in [0, 0.1) is 5.82 Å². The molecule has 1 aliphatic rings. The van der Waals surface area contributed by atoms with E-state index in [0.717, 1.165) is 61.5 Å². The number of carbonyl (C=O) groups excluding carboxylic acids is 1. The largest absolute Gasteiger partial charge is 0.379 e. The Morgan fingerprint density at radius 3 is 2.77 bits per heavy atom. The first-order valence-electron chi connectivity index (χ1n) is 10.1. The highest BCUT2D eigenvalue weighted by molar-refractivity contribution is 6.06. The highest BCUT2D eigenvalue weighted by Crippen LogP contribution is 2.22. The van der Waals surface area contributed by atoms with Gasteiger partial charge >= 0.3 is 0 Å². The Balaban J connectivity index is 1.29. The maximum atomic E-state index is 13.4. The van der Waals surface area contributed by atoms with Gasteiger partial charge < -0.3 is 19.6 Å². The molecule has 1 amide bonds. The number of halogens is 1. The monoisotopic (exact) mass is 406 g/mol. The van der Waals surface area contributed by atoms with Gasteiger partial charge in [-0.2, -0.15) is 0 Å². The second kappa shape index (κ2) is 7.93. The van der Waals surface area contributed by atoms with Crippen LogP contribution < -0.4 is 5.32 Å². The molecule has 2 N–H and O–H groups in total. The van der Waals surface area contributed by atoms with Crippen LogP contribution in [0.25, 0.3) is 21.8 Å². The summed E-state index contributed by atoms with van der Waals surface area (Å²) < 4.78 is 21.0. The van der Waals surface area contributed by atoms with Crippen LogP contribution in [0.15, 0.2) is 54.7 Å². The number of morpholine rings is 1. The van der Waals surface area contributed by atoms with Crippen molar-refractivity contribution in [3.05, 3.63) is 66.2 Å². The fourth-order valence-corrected chi connectivity index (χ4v) is 3.97. The molecule has 0 unspecified atom stereocenters. The standard InChI is InChI=1S/C23H23FN4O2/c24-18-1-3-20-17(13-18)15-21(26-20)23(29)25-19-2-4-22-16(14-19)5-6-28(22)8-7-27-9-11-30-12-10-27/h1-6,13-15,26H,7-12H2,(H,25,29). The number of benzene rings is 2. The van der Waals surface area contributed by atoms with Gasteiger partial charge in [-0.25, -0.2) is 4.39 Å². The van der Waals surface area contributed by atoms with Crippen LogP contribution in [0.3, 0.4) is 0 Å². The lowest BCUT2D eigenvalue weighted by Crippen LogP contribution is -2.38. The molecular formula is C23H23FN4O2. The van der Waals surface area contributed by atoms with Crippen molar-refractivity contribution in [1.29, 1.82) is 0 Å². The molecule has 7 heteroatoms. The van der Waals surface area contributed by atoms with Crippen molar-refractivity contribution in [2.75, 3.05) is 38.2 Å². The van der Waals surface area contributed by atoms with Crippen LogP contribution in [0.4, 0.5) is 10.1 Å². The summed E-state index contributed by atoms with van der Waals surface area (Å²) in [6.45, 7) is 5.49. The fraction of sp³-hybridized carbons (Fsp3) is 0.261. The smallest absolute Gasteiger partial charge is 0.272 e. The number of amides is 1. The molecule has 154 valence electrons. The Labute approximate surface area is 173 Å². The summed E-state index contributed by atoms with van der Waals surface area (Å²) in [5, 5.41) is 4.67. The van der Waals surface area contributed by atoms with Crippen LogP contribution in [0.2, 0.25) is 0 Å². The van der Waals surface area contributed by atoms with Gasteiger partial charge in [0.1, 0.15) is 11.5 Å². The molecule has 0 radical (unpaired) electrons. The summed E-state index contributed by atoms with van der Waals surface area (Å²) in [6.07, 6.45) is 2.09. The predicted octanol–water partition coefficient (Wildman–Crippen LogP) is 3.85. The Morgan fingerprint density at radius 1 is 1.03 bits per heavy atom. The molecule has 0 bridgehead atoms. The number of hydrogen-bond acceptors (Lipinski definition) is 3. The molecule has 0 aliphatic carbocycles. The molecule has 5 rings (SSSR count). The third-order valence-electron chi connectivity index (χ3n) is 5.62. The Kier molecular flexibility index (Phi) is 4.98. The Hall–Kier alpha value is -3.16. The minimum Gasteiger partial charge on any atom is -0.379 e. The van der Waals surface area contributed by atoms with Crippen LogP contribution in [-0.2, 0) is 11.3 Å². The third kappa shape index (κ3) is 3.81. The third-order valence-corrected chi connectivity index (χ3v) is 5.62. The zero-order valence-electron chi connectivity index (χ0n) is 16.5. The molecule has 0 saturated carbocycles. The number of nitrogens with zero attached hydrogens (tertiary/aromatic N) is 2. The molecule has 30 heavy (non-hydrogen) atoms. The van der Waals surface area contributed by atoms with Crippen molar-refractivity contribution >= 4 is 33.4 Å². The van der Waals surface area contributed by atoms with Crippen LogP contribution in [0.1, 0.15) is 10.5 Å². The SMILES string of the molecule is O=C(Nc1ccc2c(ccn2CCN2CCOCC2)c1)c1cc2cc(F)ccc2[nH]1. The van der Waals surface area contributed by atoms with E-state index in [-0.39, 0.29) is 11.7 Å². The first-order chi connectivity index (χ1) is 14.7. The number of hydrogen-bond donors (Lipinski definition) is 2. The highest BCUT2D eigenvalue weighted by Gasteiger charge is 2.13. The fourth-order valence-electron chi connectivity index (χ4n) is 3.97. The summed E-state index contributed by atoms with van der Waals surface area (Å²) in [7, 11) is 0. The van der Waals surface area contributed by atoms with Crippen molar-refractivity contribution in [2.24, 2.45) is 0 Å². The summed E-state index contributed by atoms with van der Waals surface area (Å²) in [6, 6.07) is 14.1. The summed E-state index contributed by atoms with van der Waals surface area (Å²) in [4.78, 5) is 18.1. The zero-order valence-corrected chi connectivity index (χ0v) is 16.5. The Bertz CT molecular complexity index is 1210. The number of H-pyrrole nitrogens is 1. The van der Waals surface area contributed by atoms with Crippen LogP contribution in [-0.4, -0.2) is 53.2 Å². The number of ether oxygens (including phenoxy) is 1. The first kappa shape index (κ1) is 18.8. The van der Waals surface area contributed by atoms with Crippen molar-refractivity contribution in [2.45, 2.75) is 6.54 Å². The number of aromatic amines is 1. The van der Waals surface area contributed by atoms with Gasteiger partial charge in [0.2, 0.25) is 0 Å². The van der Waals surface area contributed by atoms with Gasteiger partial charge in [-0.05, 0) is 48.5 Å². The lowest BCUT2D eigenvalue weighted by molar-refractivity contribution is 0.0365. The van der Waals surface area contributed by atoms with Gasteiger partial charge in [0.15, 0.2) is 0 Å². The summed E-state index contributed by atoms with van der Waals surface area (Å²) in [5.74, 6) is -0.574. The van der Waals surface area contributed by atoms with Crippen LogP contribution in [0.5, 0.6) is 0 Å². The topological polar surface area (TPSA) is 62.3 Å². The molecule has 4 aromatic rings. The van der Waals surface area contributed by atoms with Gasteiger partial charge in [0, 0.05) is 59.9 Å². The molecule has 1 saturated heterocycles. The van der Waals surface area contributed by atoms with Crippen molar-refractivity contribution in [3.8, 4) is 0 Å². The maximum absolute atomic E-state index is 13.4. The summed E-state index contributed by atoms with van der Waals surface area (Å²) >= 11 is 0. The summed E-state index contributed by atoms with van der Waals surface area (Å²) in [5.41, 5.74) is 3.00. The number of fused-ring (bicyclic) bond motifs is 2. The molecule has 1 fully saturated rings. The van der Waals surface area contributed by atoms with E-state index in [1.807, 2.05) is 18.2 Å². The van der Waals surface area contributed by atoms with E-state index in [1.54, 1.807) is 12.1 Å². The average molecular weight is 406 g/mol. The van der Waals surface area contributed by atoms with Crippen molar-refractivity contribution < 1.29 is 13.9 Å². The maximum Gasteiger partial charge on any atom is 0.272 e. The van der Waals surface area contributed by atoms with Gasteiger partial charge in [0.05, 0.1) is 13.2 Å². The number of nitrogens with one attached hydrogen (secondary N) is 2. The average Bonchev–Trinajstić information content (AvgIpc) is 3.36. The molecule has 2 aromatic heterocycles. The molecule has 3 heterocycles. The first-order valence-corrected chi connectivity index (χ1v) is 10.1. The second-order valence-electron chi connectivity index (χ2n) is 7.61.